The van der Waals surface area contributed by atoms with Crippen LogP contribution in [0.15, 0.2) is 35.7 Å². The van der Waals surface area contributed by atoms with E-state index in [0.717, 1.165) is 21.0 Å². The minimum Gasteiger partial charge on any atom is -0.320 e. The van der Waals surface area contributed by atoms with Gasteiger partial charge in [-0.1, -0.05) is 35.9 Å². The second-order valence-electron chi connectivity index (χ2n) is 3.47. The van der Waals surface area contributed by atoms with E-state index in [4.69, 9.17) is 17.3 Å². The minimum atomic E-state index is -0.114. The van der Waals surface area contributed by atoms with Crippen molar-refractivity contribution in [2.75, 3.05) is 0 Å². The van der Waals surface area contributed by atoms with Gasteiger partial charge in [0.15, 0.2) is 0 Å². The lowest BCUT2D eigenvalue weighted by Crippen LogP contribution is -2.11. The largest absolute Gasteiger partial charge is 0.320 e. The summed E-state index contributed by atoms with van der Waals surface area (Å²) in [5.41, 5.74) is 8.23. The first-order valence-electron chi connectivity index (χ1n) is 4.74. The minimum absolute atomic E-state index is 0.114. The number of hydrogen-bond donors (Lipinski definition) is 1. The van der Waals surface area contributed by atoms with Gasteiger partial charge in [0.25, 0.3) is 0 Å². The topological polar surface area (TPSA) is 26.0 Å². The van der Waals surface area contributed by atoms with Crippen LogP contribution in [-0.4, -0.2) is 0 Å². The molecule has 1 nitrogen and oxygen atoms in total. The highest BCUT2D eigenvalue weighted by molar-refractivity contribution is 7.10. The number of benzene rings is 1. The van der Waals surface area contributed by atoms with Crippen LogP contribution >= 0.6 is 22.9 Å². The lowest BCUT2D eigenvalue weighted by Gasteiger charge is -2.13. The summed E-state index contributed by atoms with van der Waals surface area (Å²) in [6.45, 7) is 1.99. The molecule has 2 N–H and O–H groups in total. The van der Waals surface area contributed by atoms with E-state index in [1.54, 1.807) is 11.3 Å². The van der Waals surface area contributed by atoms with Crippen LogP contribution in [-0.2, 0) is 0 Å². The highest BCUT2D eigenvalue weighted by Crippen LogP contribution is 2.30. The second kappa shape index (κ2) is 4.35. The molecule has 0 saturated heterocycles. The van der Waals surface area contributed by atoms with Crippen molar-refractivity contribution in [3.63, 3.8) is 0 Å². The van der Waals surface area contributed by atoms with E-state index in [9.17, 15) is 0 Å². The standard InChI is InChI=1S/C12H12ClNS/c1-8-4-2-5-9(11(8)13)12(14)10-6-3-7-15-10/h2-7,12H,14H2,1H3. The highest BCUT2D eigenvalue weighted by Gasteiger charge is 2.13. The molecule has 1 atom stereocenters. The first-order chi connectivity index (χ1) is 7.20. The van der Waals surface area contributed by atoms with Crippen LogP contribution in [0.4, 0.5) is 0 Å². The number of nitrogens with two attached hydrogens (primary N) is 1. The molecule has 1 aromatic heterocycles. The van der Waals surface area contributed by atoms with Gasteiger partial charge in [0, 0.05) is 9.90 Å². The number of thiophene rings is 1. The predicted molar refractivity (Wildman–Crippen MR) is 66.5 cm³/mol. The maximum atomic E-state index is 6.23. The Morgan fingerprint density at radius 2 is 2.07 bits per heavy atom. The van der Waals surface area contributed by atoms with Crippen molar-refractivity contribution in [2.45, 2.75) is 13.0 Å². The average Bonchev–Trinajstić information content (AvgIpc) is 2.74. The van der Waals surface area contributed by atoms with Crippen LogP contribution in [0.5, 0.6) is 0 Å². The summed E-state index contributed by atoms with van der Waals surface area (Å²) in [5, 5.41) is 2.80. The number of halogens is 1. The van der Waals surface area contributed by atoms with E-state index < -0.39 is 0 Å². The molecule has 1 aromatic carbocycles. The zero-order valence-electron chi connectivity index (χ0n) is 8.41. The van der Waals surface area contributed by atoms with E-state index in [0.29, 0.717) is 0 Å². The first kappa shape index (κ1) is 10.7. The Balaban J connectivity index is 2.42. The Kier molecular flexibility index (Phi) is 3.10. The molecule has 2 aromatic rings. The normalized spacial score (nSPS) is 12.7. The molecule has 0 bridgehead atoms. The Bertz CT molecular complexity index is 451. The maximum Gasteiger partial charge on any atom is 0.0660 e. The van der Waals surface area contributed by atoms with Crippen molar-refractivity contribution < 1.29 is 0 Å². The summed E-state index contributed by atoms with van der Waals surface area (Å²) in [5.74, 6) is 0. The van der Waals surface area contributed by atoms with Gasteiger partial charge in [-0.3, -0.25) is 0 Å². The Morgan fingerprint density at radius 1 is 1.27 bits per heavy atom. The molecule has 1 heterocycles. The van der Waals surface area contributed by atoms with Gasteiger partial charge >= 0.3 is 0 Å². The summed E-state index contributed by atoms with van der Waals surface area (Å²) in [4.78, 5) is 1.14. The van der Waals surface area contributed by atoms with E-state index in [-0.39, 0.29) is 6.04 Å². The molecule has 15 heavy (non-hydrogen) atoms. The van der Waals surface area contributed by atoms with Gasteiger partial charge in [-0.15, -0.1) is 11.3 Å². The molecular weight excluding hydrogens is 226 g/mol. The number of hydrogen-bond acceptors (Lipinski definition) is 2. The second-order valence-corrected chi connectivity index (χ2v) is 4.83. The molecule has 0 amide bonds. The van der Waals surface area contributed by atoms with Crippen molar-refractivity contribution in [1.82, 2.24) is 0 Å². The van der Waals surface area contributed by atoms with Crippen LogP contribution in [0.2, 0.25) is 5.02 Å². The van der Waals surface area contributed by atoms with Crippen molar-refractivity contribution in [3.8, 4) is 0 Å². The van der Waals surface area contributed by atoms with Crippen molar-refractivity contribution in [1.29, 1.82) is 0 Å². The summed E-state index contributed by atoms with van der Waals surface area (Å²) >= 11 is 7.89. The van der Waals surface area contributed by atoms with Crippen LogP contribution < -0.4 is 5.73 Å². The molecule has 0 saturated carbocycles. The van der Waals surface area contributed by atoms with E-state index in [2.05, 4.69) is 0 Å². The van der Waals surface area contributed by atoms with Crippen molar-refractivity contribution in [3.05, 3.63) is 56.7 Å². The molecule has 0 spiro atoms. The smallest absolute Gasteiger partial charge is 0.0660 e. The Hall–Kier alpha value is -0.830. The number of aryl methyl sites for hydroxylation is 1. The third kappa shape index (κ3) is 2.07. The van der Waals surface area contributed by atoms with Gasteiger partial charge in [0.2, 0.25) is 0 Å². The van der Waals surface area contributed by atoms with Crippen LogP contribution in [0.1, 0.15) is 22.0 Å². The summed E-state index contributed by atoms with van der Waals surface area (Å²) < 4.78 is 0. The lowest BCUT2D eigenvalue weighted by atomic mass is 10.0. The third-order valence-electron chi connectivity index (χ3n) is 2.41. The van der Waals surface area contributed by atoms with Crippen LogP contribution in [0.25, 0.3) is 0 Å². The Labute approximate surface area is 98.5 Å². The maximum absolute atomic E-state index is 6.23. The fraction of sp³-hybridized carbons (Fsp3) is 0.167. The lowest BCUT2D eigenvalue weighted by molar-refractivity contribution is 0.892. The molecule has 1 unspecified atom stereocenters. The van der Waals surface area contributed by atoms with Gasteiger partial charge in [0.1, 0.15) is 0 Å². The van der Waals surface area contributed by atoms with Crippen LogP contribution in [0, 0.1) is 6.92 Å². The van der Waals surface area contributed by atoms with Gasteiger partial charge < -0.3 is 5.73 Å². The quantitative estimate of drug-likeness (QED) is 0.846. The zero-order valence-corrected chi connectivity index (χ0v) is 9.98. The number of rotatable bonds is 2. The summed E-state index contributed by atoms with van der Waals surface area (Å²) in [6.07, 6.45) is 0. The molecule has 0 fully saturated rings. The molecular formula is C12H12ClNS. The van der Waals surface area contributed by atoms with Crippen LogP contribution in [0.3, 0.4) is 0 Å². The molecule has 0 aliphatic heterocycles. The van der Waals surface area contributed by atoms with Gasteiger partial charge in [-0.2, -0.15) is 0 Å². The van der Waals surface area contributed by atoms with Crippen molar-refractivity contribution >= 4 is 22.9 Å². The van der Waals surface area contributed by atoms with E-state index in [1.807, 2.05) is 42.6 Å². The molecule has 0 radical (unpaired) electrons. The van der Waals surface area contributed by atoms with Gasteiger partial charge in [-0.25, -0.2) is 0 Å². The average molecular weight is 238 g/mol. The molecule has 0 aliphatic carbocycles. The highest BCUT2D eigenvalue weighted by atomic mass is 35.5. The molecule has 78 valence electrons. The summed E-state index contributed by atoms with van der Waals surface area (Å²) in [7, 11) is 0. The summed E-state index contributed by atoms with van der Waals surface area (Å²) in [6, 6.07) is 9.89. The molecule has 3 heteroatoms. The monoisotopic (exact) mass is 237 g/mol. The van der Waals surface area contributed by atoms with Gasteiger partial charge in [-0.05, 0) is 29.5 Å². The fourth-order valence-corrected chi connectivity index (χ4v) is 2.52. The van der Waals surface area contributed by atoms with Gasteiger partial charge in [0.05, 0.1) is 6.04 Å². The third-order valence-corrected chi connectivity index (χ3v) is 3.88. The van der Waals surface area contributed by atoms with Crippen molar-refractivity contribution in [2.24, 2.45) is 5.73 Å². The van der Waals surface area contributed by atoms with E-state index >= 15 is 0 Å². The molecule has 2 rings (SSSR count). The molecule has 0 aliphatic rings. The first-order valence-corrected chi connectivity index (χ1v) is 6.00. The zero-order chi connectivity index (χ0) is 10.8. The fourth-order valence-electron chi connectivity index (χ4n) is 1.53. The Morgan fingerprint density at radius 3 is 2.73 bits per heavy atom. The predicted octanol–water partition coefficient (Wildman–Crippen LogP) is 3.76. The van der Waals surface area contributed by atoms with E-state index in [1.165, 1.54) is 0 Å². The SMILES string of the molecule is Cc1cccc(C(N)c2cccs2)c1Cl.